The standard InChI is InChI=1S/C22H26BrClN2O4/c1-5-13(2)16-6-7-19(18(23)10-16)30-12-21(28)26-25-20(27)11-29-17-8-14(3)22(24)15(4)9-17/h6-10,13H,5,11-12H2,1-4H3,(H,25,27)(H,26,28). The first-order valence-corrected chi connectivity index (χ1v) is 10.8. The number of aryl methyl sites for hydroxylation is 2. The van der Waals surface area contributed by atoms with Crippen molar-refractivity contribution in [3.05, 3.63) is 56.5 Å². The molecule has 8 heteroatoms. The summed E-state index contributed by atoms with van der Waals surface area (Å²) in [5, 5.41) is 0.667. The van der Waals surface area contributed by atoms with Gasteiger partial charge in [0.1, 0.15) is 11.5 Å². The molecule has 0 aliphatic carbocycles. The minimum atomic E-state index is -0.493. The van der Waals surface area contributed by atoms with Gasteiger partial charge in [-0.1, -0.05) is 31.5 Å². The smallest absolute Gasteiger partial charge is 0.276 e. The van der Waals surface area contributed by atoms with E-state index in [4.69, 9.17) is 21.1 Å². The van der Waals surface area contributed by atoms with E-state index in [1.165, 1.54) is 5.56 Å². The summed E-state index contributed by atoms with van der Waals surface area (Å²) in [6.07, 6.45) is 1.04. The predicted molar refractivity (Wildman–Crippen MR) is 121 cm³/mol. The Hall–Kier alpha value is -2.25. The zero-order chi connectivity index (χ0) is 22.3. The number of nitrogens with one attached hydrogen (secondary N) is 2. The van der Waals surface area contributed by atoms with Crippen molar-refractivity contribution in [1.29, 1.82) is 0 Å². The molecule has 30 heavy (non-hydrogen) atoms. The fraction of sp³-hybridized carbons (Fsp3) is 0.364. The van der Waals surface area contributed by atoms with Gasteiger partial charge >= 0.3 is 0 Å². The van der Waals surface area contributed by atoms with E-state index < -0.39 is 11.8 Å². The van der Waals surface area contributed by atoms with Gasteiger partial charge in [0.25, 0.3) is 11.8 Å². The van der Waals surface area contributed by atoms with Gasteiger partial charge in [0.2, 0.25) is 0 Å². The van der Waals surface area contributed by atoms with Crippen LogP contribution in [0.3, 0.4) is 0 Å². The number of carbonyl (C=O) groups is 2. The number of rotatable bonds is 8. The lowest BCUT2D eigenvalue weighted by Crippen LogP contribution is -2.45. The van der Waals surface area contributed by atoms with Gasteiger partial charge in [0, 0.05) is 5.02 Å². The molecule has 0 bridgehead atoms. The van der Waals surface area contributed by atoms with Crippen LogP contribution < -0.4 is 20.3 Å². The van der Waals surface area contributed by atoms with Crippen molar-refractivity contribution in [2.24, 2.45) is 0 Å². The molecule has 2 N–H and O–H groups in total. The summed E-state index contributed by atoms with van der Waals surface area (Å²) >= 11 is 9.57. The highest BCUT2D eigenvalue weighted by molar-refractivity contribution is 9.10. The average Bonchev–Trinajstić information content (AvgIpc) is 2.72. The Kier molecular flexibility index (Phi) is 8.99. The van der Waals surface area contributed by atoms with Crippen LogP contribution in [0.2, 0.25) is 5.02 Å². The summed E-state index contributed by atoms with van der Waals surface area (Å²) in [6, 6.07) is 9.28. The molecule has 2 aromatic carbocycles. The third kappa shape index (κ3) is 6.92. The third-order valence-electron chi connectivity index (χ3n) is 4.62. The molecule has 0 spiro atoms. The van der Waals surface area contributed by atoms with Crippen LogP contribution in [0.5, 0.6) is 11.5 Å². The Morgan fingerprint density at radius 3 is 2.13 bits per heavy atom. The van der Waals surface area contributed by atoms with Gasteiger partial charge in [-0.15, -0.1) is 0 Å². The van der Waals surface area contributed by atoms with Crippen molar-refractivity contribution in [3.8, 4) is 11.5 Å². The molecule has 0 aromatic heterocycles. The van der Waals surface area contributed by atoms with Crippen molar-refractivity contribution in [2.75, 3.05) is 13.2 Å². The molecule has 2 amide bonds. The minimum Gasteiger partial charge on any atom is -0.484 e. The lowest BCUT2D eigenvalue weighted by atomic mass is 9.99. The Morgan fingerprint density at radius 2 is 1.60 bits per heavy atom. The van der Waals surface area contributed by atoms with Gasteiger partial charge in [-0.25, -0.2) is 0 Å². The van der Waals surface area contributed by atoms with E-state index in [0.29, 0.717) is 22.4 Å². The number of amides is 2. The lowest BCUT2D eigenvalue weighted by molar-refractivity contribution is -0.131. The van der Waals surface area contributed by atoms with Crippen LogP contribution in [-0.2, 0) is 9.59 Å². The van der Waals surface area contributed by atoms with Crippen LogP contribution in [0, 0.1) is 13.8 Å². The summed E-state index contributed by atoms with van der Waals surface area (Å²) in [7, 11) is 0. The Balaban J connectivity index is 1.76. The zero-order valence-corrected chi connectivity index (χ0v) is 19.8. The second-order valence-electron chi connectivity index (χ2n) is 7.04. The molecule has 1 unspecified atom stereocenters. The SMILES string of the molecule is CCC(C)c1ccc(OCC(=O)NNC(=O)COc2cc(C)c(Cl)c(C)c2)c(Br)c1. The molecular weight excluding hydrogens is 472 g/mol. The summed E-state index contributed by atoms with van der Waals surface area (Å²) in [5.74, 6) is 0.550. The van der Waals surface area contributed by atoms with E-state index in [1.807, 2.05) is 32.0 Å². The molecule has 2 aromatic rings. The van der Waals surface area contributed by atoms with Crippen LogP contribution in [0.15, 0.2) is 34.8 Å². The summed E-state index contributed by atoms with van der Waals surface area (Å²) in [4.78, 5) is 23.8. The predicted octanol–water partition coefficient (Wildman–Crippen LogP) is 4.84. The molecule has 6 nitrogen and oxygen atoms in total. The molecule has 162 valence electrons. The van der Waals surface area contributed by atoms with E-state index in [1.54, 1.807) is 12.1 Å². The zero-order valence-electron chi connectivity index (χ0n) is 17.5. The number of halogens is 2. The van der Waals surface area contributed by atoms with Gasteiger partial charge in [0.15, 0.2) is 13.2 Å². The molecule has 0 aliphatic rings. The minimum absolute atomic E-state index is 0.238. The molecule has 0 saturated heterocycles. The molecule has 0 fully saturated rings. The first kappa shape index (κ1) is 24.0. The van der Waals surface area contributed by atoms with E-state index in [9.17, 15) is 9.59 Å². The largest absolute Gasteiger partial charge is 0.484 e. The Labute approximate surface area is 190 Å². The maximum atomic E-state index is 11.9. The Bertz CT molecular complexity index is 897. The van der Waals surface area contributed by atoms with Crippen molar-refractivity contribution < 1.29 is 19.1 Å². The maximum absolute atomic E-state index is 11.9. The Morgan fingerprint density at radius 1 is 1.03 bits per heavy atom. The van der Waals surface area contributed by atoms with Crippen LogP contribution in [0.4, 0.5) is 0 Å². The van der Waals surface area contributed by atoms with Crippen molar-refractivity contribution in [3.63, 3.8) is 0 Å². The van der Waals surface area contributed by atoms with Gasteiger partial charge in [-0.05, 0) is 83.1 Å². The quantitative estimate of drug-likeness (QED) is 0.512. The highest BCUT2D eigenvalue weighted by Gasteiger charge is 2.11. The second kappa shape index (κ2) is 11.2. The van der Waals surface area contributed by atoms with Crippen molar-refractivity contribution >= 4 is 39.3 Å². The number of benzene rings is 2. The van der Waals surface area contributed by atoms with Gasteiger partial charge in [0.05, 0.1) is 4.47 Å². The molecule has 0 saturated carbocycles. The number of hydrogen-bond acceptors (Lipinski definition) is 4. The number of hydrogen-bond donors (Lipinski definition) is 2. The van der Waals surface area contributed by atoms with Gasteiger partial charge in [-0.3, -0.25) is 20.4 Å². The second-order valence-corrected chi connectivity index (χ2v) is 8.28. The molecule has 0 aliphatic heterocycles. The fourth-order valence-corrected chi connectivity index (χ4v) is 3.29. The van der Waals surface area contributed by atoms with Crippen LogP contribution >= 0.6 is 27.5 Å². The molecule has 0 radical (unpaired) electrons. The molecule has 1 atom stereocenters. The lowest BCUT2D eigenvalue weighted by Gasteiger charge is -2.13. The van der Waals surface area contributed by atoms with E-state index in [-0.39, 0.29) is 13.2 Å². The molecular formula is C22H26BrClN2O4. The first-order valence-electron chi connectivity index (χ1n) is 9.60. The van der Waals surface area contributed by atoms with Crippen molar-refractivity contribution in [2.45, 2.75) is 40.0 Å². The summed E-state index contributed by atoms with van der Waals surface area (Å²) in [6.45, 7) is 7.52. The summed E-state index contributed by atoms with van der Waals surface area (Å²) in [5.41, 5.74) is 7.51. The average molecular weight is 498 g/mol. The van der Waals surface area contributed by atoms with Crippen LogP contribution in [0.1, 0.15) is 42.9 Å². The molecule has 0 heterocycles. The van der Waals surface area contributed by atoms with Crippen molar-refractivity contribution in [1.82, 2.24) is 10.9 Å². The normalized spacial score (nSPS) is 11.5. The highest BCUT2D eigenvalue weighted by atomic mass is 79.9. The number of hydrazine groups is 1. The van der Waals surface area contributed by atoms with Gasteiger partial charge in [-0.2, -0.15) is 0 Å². The van der Waals surface area contributed by atoms with Crippen LogP contribution in [0.25, 0.3) is 0 Å². The number of carbonyl (C=O) groups excluding carboxylic acids is 2. The van der Waals surface area contributed by atoms with E-state index >= 15 is 0 Å². The van der Waals surface area contributed by atoms with E-state index in [2.05, 4.69) is 40.6 Å². The highest BCUT2D eigenvalue weighted by Crippen LogP contribution is 2.30. The van der Waals surface area contributed by atoms with Crippen LogP contribution in [-0.4, -0.2) is 25.0 Å². The first-order chi connectivity index (χ1) is 14.2. The topological polar surface area (TPSA) is 76.7 Å². The fourth-order valence-electron chi connectivity index (χ4n) is 2.67. The van der Waals surface area contributed by atoms with Gasteiger partial charge < -0.3 is 9.47 Å². The van der Waals surface area contributed by atoms with E-state index in [0.717, 1.165) is 22.0 Å². The molecule has 2 rings (SSSR count). The monoisotopic (exact) mass is 496 g/mol. The summed E-state index contributed by atoms with van der Waals surface area (Å²) < 4.78 is 11.7. The number of ether oxygens (including phenoxy) is 2. The third-order valence-corrected chi connectivity index (χ3v) is 5.83. The maximum Gasteiger partial charge on any atom is 0.276 e.